The van der Waals surface area contributed by atoms with Crippen LogP contribution in [-0.2, 0) is 0 Å². The van der Waals surface area contributed by atoms with Crippen LogP contribution >= 0.6 is 0 Å². The van der Waals surface area contributed by atoms with Crippen molar-refractivity contribution in [2.45, 2.75) is 27.7 Å². The van der Waals surface area contributed by atoms with Gasteiger partial charge < -0.3 is 10.7 Å². The van der Waals surface area contributed by atoms with Gasteiger partial charge in [-0.15, -0.1) is 0 Å². The summed E-state index contributed by atoms with van der Waals surface area (Å²) in [6, 6.07) is 5.65. The number of allylic oxidation sites excluding steroid dienone is 1. The lowest BCUT2D eigenvalue weighted by Crippen LogP contribution is -2.13. The van der Waals surface area contributed by atoms with Gasteiger partial charge >= 0.3 is 5.69 Å². The molecule has 4 heteroatoms. The van der Waals surface area contributed by atoms with Gasteiger partial charge in [0.15, 0.2) is 0 Å². The summed E-state index contributed by atoms with van der Waals surface area (Å²) in [5.41, 5.74) is 8.21. The fraction of sp³-hybridized carbons (Fsp3) is 0.286. The average molecular weight is 245 g/mol. The first-order valence-electron chi connectivity index (χ1n) is 6.01. The standard InChI is InChI=1S/C12H13N3O.C2H6/c1-7(2)6-8-4-3-5-9-10(8)11(13)15-12(16)14-9;1-2/h3-6H,1-2H3,(H3,13,14,15,16);1-2H3. The maximum Gasteiger partial charge on any atom is 0.347 e. The summed E-state index contributed by atoms with van der Waals surface area (Å²) < 4.78 is 0. The highest BCUT2D eigenvalue weighted by atomic mass is 16.1. The number of H-pyrrole nitrogens is 1. The third kappa shape index (κ3) is 2.97. The van der Waals surface area contributed by atoms with Crippen LogP contribution in [0.3, 0.4) is 0 Å². The molecule has 0 saturated heterocycles. The number of anilines is 1. The Morgan fingerprint density at radius 1 is 1.33 bits per heavy atom. The molecule has 2 aromatic rings. The van der Waals surface area contributed by atoms with Crippen molar-refractivity contribution >= 4 is 22.8 Å². The van der Waals surface area contributed by atoms with E-state index in [2.05, 4.69) is 9.97 Å². The van der Waals surface area contributed by atoms with E-state index >= 15 is 0 Å². The second kappa shape index (κ2) is 6.00. The monoisotopic (exact) mass is 245 g/mol. The maximum atomic E-state index is 11.2. The Balaban J connectivity index is 0.000000771. The van der Waals surface area contributed by atoms with Crippen molar-refractivity contribution < 1.29 is 0 Å². The highest BCUT2D eigenvalue weighted by Gasteiger charge is 2.05. The largest absolute Gasteiger partial charge is 0.383 e. The number of hydrogen-bond donors (Lipinski definition) is 2. The minimum Gasteiger partial charge on any atom is -0.383 e. The quantitative estimate of drug-likeness (QED) is 0.811. The molecule has 1 aromatic heterocycles. The van der Waals surface area contributed by atoms with Gasteiger partial charge in [0.25, 0.3) is 0 Å². The Morgan fingerprint density at radius 3 is 2.61 bits per heavy atom. The van der Waals surface area contributed by atoms with Crippen LogP contribution in [0.4, 0.5) is 5.82 Å². The Kier molecular flexibility index (Phi) is 4.66. The molecule has 0 aliphatic rings. The van der Waals surface area contributed by atoms with Crippen molar-refractivity contribution in [1.82, 2.24) is 9.97 Å². The van der Waals surface area contributed by atoms with E-state index in [1.54, 1.807) is 0 Å². The molecule has 0 aliphatic heterocycles. The number of aromatic amines is 1. The normalized spacial score (nSPS) is 9.56. The van der Waals surface area contributed by atoms with Gasteiger partial charge in [0.05, 0.1) is 5.52 Å². The lowest BCUT2D eigenvalue weighted by Gasteiger charge is -2.04. The second-order valence-corrected chi connectivity index (χ2v) is 3.92. The van der Waals surface area contributed by atoms with Crippen molar-refractivity contribution in [3.63, 3.8) is 0 Å². The van der Waals surface area contributed by atoms with Gasteiger partial charge in [-0.3, -0.25) is 0 Å². The number of aromatic nitrogens is 2. The van der Waals surface area contributed by atoms with Crippen LogP contribution in [0.25, 0.3) is 17.0 Å². The summed E-state index contributed by atoms with van der Waals surface area (Å²) in [6.07, 6.45) is 2.01. The van der Waals surface area contributed by atoms with Crippen molar-refractivity contribution in [3.8, 4) is 0 Å². The first kappa shape index (κ1) is 14.0. The number of rotatable bonds is 1. The van der Waals surface area contributed by atoms with E-state index in [1.807, 2.05) is 52.0 Å². The molecule has 3 N–H and O–H groups in total. The van der Waals surface area contributed by atoms with E-state index in [4.69, 9.17) is 5.73 Å². The van der Waals surface area contributed by atoms with Crippen LogP contribution in [0.2, 0.25) is 0 Å². The number of benzene rings is 1. The predicted molar refractivity (Wildman–Crippen MR) is 77.4 cm³/mol. The molecule has 4 nitrogen and oxygen atoms in total. The molecular weight excluding hydrogens is 226 g/mol. The molecule has 0 aliphatic carbocycles. The van der Waals surface area contributed by atoms with E-state index in [9.17, 15) is 4.79 Å². The molecule has 2 rings (SSSR count). The summed E-state index contributed by atoms with van der Waals surface area (Å²) in [4.78, 5) is 17.6. The van der Waals surface area contributed by atoms with Crippen LogP contribution < -0.4 is 11.4 Å². The lowest BCUT2D eigenvalue weighted by atomic mass is 10.1. The van der Waals surface area contributed by atoms with Crippen LogP contribution in [-0.4, -0.2) is 9.97 Å². The van der Waals surface area contributed by atoms with E-state index in [0.29, 0.717) is 5.52 Å². The Labute approximate surface area is 107 Å². The van der Waals surface area contributed by atoms with Crippen LogP contribution in [0.1, 0.15) is 33.3 Å². The zero-order chi connectivity index (χ0) is 13.7. The maximum absolute atomic E-state index is 11.2. The predicted octanol–water partition coefficient (Wildman–Crippen LogP) is 2.95. The molecule has 0 saturated carbocycles. The molecule has 1 heterocycles. The third-order valence-electron chi connectivity index (χ3n) is 2.26. The van der Waals surface area contributed by atoms with Gasteiger partial charge in [0.2, 0.25) is 0 Å². The fourth-order valence-corrected chi connectivity index (χ4v) is 1.70. The van der Waals surface area contributed by atoms with Crippen LogP contribution in [0.5, 0.6) is 0 Å². The first-order chi connectivity index (χ1) is 8.58. The van der Waals surface area contributed by atoms with Crippen molar-refractivity contribution in [3.05, 3.63) is 39.8 Å². The summed E-state index contributed by atoms with van der Waals surface area (Å²) in [5.74, 6) is 0.270. The highest BCUT2D eigenvalue weighted by Crippen LogP contribution is 2.22. The number of nitrogens with two attached hydrogens (primary N) is 1. The van der Waals surface area contributed by atoms with E-state index < -0.39 is 5.69 Å². The topological polar surface area (TPSA) is 71.8 Å². The fourth-order valence-electron chi connectivity index (χ4n) is 1.70. The zero-order valence-electron chi connectivity index (χ0n) is 11.2. The Hall–Kier alpha value is -2.10. The molecule has 0 unspecified atom stereocenters. The van der Waals surface area contributed by atoms with Crippen molar-refractivity contribution in [2.24, 2.45) is 0 Å². The molecule has 18 heavy (non-hydrogen) atoms. The smallest absolute Gasteiger partial charge is 0.347 e. The Bertz CT molecular complexity index is 622. The van der Waals surface area contributed by atoms with Crippen molar-refractivity contribution in [1.29, 1.82) is 0 Å². The average Bonchev–Trinajstić information content (AvgIpc) is 2.30. The van der Waals surface area contributed by atoms with E-state index in [0.717, 1.165) is 16.5 Å². The van der Waals surface area contributed by atoms with Gasteiger partial charge in [0, 0.05) is 5.39 Å². The van der Waals surface area contributed by atoms with E-state index in [-0.39, 0.29) is 5.82 Å². The second-order valence-electron chi connectivity index (χ2n) is 3.92. The van der Waals surface area contributed by atoms with Gasteiger partial charge in [-0.25, -0.2) is 4.79 Å². The molecule has 0 amide bonds. The van der Waals surface area contributed by atoms with E-state index in [1.165, 1.54) is 0 Å². The highest BCUT2D eigenvalue weighted by molar-refractivity contribution is 5.95. The molecule has 0 fully saturated rings. The van der Waals surface area contributed by atoms with Gasteiger partial charge in [-0.05, 0) is 25.5 Å². The number of nitrogen functional groups attached to an aromatic ring is 1. The molecule has 0 radical (unpaired) electrons. The minimum atomic E-state index is -0.417. The SMILES string of the molecule is CC.CC(C)=Cc1cccc2[nH]c(=O)nc(N)c12. The van der Waals surface area contributed by atoms with Gasteiger partial charge in [0.1, 0.15) is 5.82 Å². The van der Waals surface area contributed by atoms with Gasteiger partial charge in [-0.1, -0.05) is 37.6 Å². The lowest BCUT2D eigenvalue weighted by molar-refractivity contribution is 1.13. The molecular formula is C14H19N3O. The van der Waals surface area contributed by atoms with Crippen LogP contribution in [0.15, 0.2) is 28.6 Å². The minimum absolute atomic E-state index is 0.270. The summed E-state index contributed by atoms with van der Waals surface area (Å²) in [5, 5.41) is 0.795. The Morgan fingerprint density at radius 2 is 2.00 bits per heavy atom. The number of nitrogens with zero attached hydrogens (tertiary/aromatic N) is 1. The number of fused-ring (bicyclic) bond motifs is 1. The number of hydrogen-bond acceptors (Lipinski definition) is 3. The summed E-state index contributed by atoms with van der Waals surface area (Å²) >= 11 is 0. The zero-order valence-corrected chi connectivity index (χ0v) is 11.2. The van der Waals surface area contributed by atoms with Crippen LogP contribution in [0, 0.1) is 0 Å². The molecule has 1 aromatic carbocycles. The molecule has 96 valence electrons. The molecule has 0 atom stereocenters. The summed E-state index contributed by atoms with van der Waals surface area (Å²) in [7, 11) is 0. The summed E-state index contributed by atoms with van der Waals surface area (Å²) in [6.45, 7) is 8.02. The molecule has 0 spiro atoms. The first-order valence-corrected chi connectivity index (χ1v) is 6.01. The number of nitrogens with one attached hydrogen (secondary N) is 1. The van der Waals surface area contributed by atoms with Gasteiger partial charge in [-0.2, -0.15) is 4.98 Å². The van der Waals surface area contributed by atoms with Crippen molar-refractivity contribution in [2.75, 3.05) is 5.73 Å². The molecule has 0 bridgehead atoms. The third-order valence-corrected chi connectivity index (χ3v) is 2.26.